The van der Waals surface area contributed by atoms with Crippen molar-refractivity contribution in [2.75, 3.05) is 7.11 Å². The molecular weight excluding hydrogens is 384 g/mol. The van der Waals surface area contributed by atoms with Gasteiger partial charge in [-0.2, -0.15) is 0 Å². The molecule has 4 aromatic rings. The molecule has 0 bridgehead atoms. The molecule has 3 aromatic carbocycles. The summed E-state index contributed by atoms with van der Waals surface area (Å²) in [5.41, 5.74) is 2.61. The van der Waals surface area contributed by atoms with Gasteiger partial charge in [0.05, 0.1) is 29.3 Å². The first kappa shape index (κ1) is 19.0. The molecule has 1 aromatic heterocycles. The molecular formula is C23H18N2O3S. The van der Waals surface area contributed by atoms with Gasteiger partial charge in [0.15, 0.2) is 5.16 Å². The standard InChI is InChI=1S/C23H18N2O3S/c1-28-22(27)18-12-6-5-9-16(18)15-29-23-24-20-14-8-7-13-19(20)21(26)25(23)17-10-3-2-4-11-17/h2-14H,15H2,1H3. The Hall–Kier alpha value is -3.38. The SMILES string of the molecule is COC(=O)c1ccccc1CSc1nc2ccccc2c(=O)n1-c1ccccc1. The predicted molar refractivity (Wildman–Crippen MR) is 115 cm³/mol. The molecule has 4 rings (SSSR count). The van der Waals surface area contributed by atoms with E-state index in [0.717, 1.165) is 11.3 Å². The summed E-state index contributed by atoms with van der Waals surface area (Å²) in [6.07, 6.45) is 0. The smallest absolute Gasteiger partial charge is 0.338 e. The van der Waals surface area contributed by atoms with Crippen molar-refractivity contribution >= 4 is 28.6 Å². The van der Waals surface area contributed by atoms with Gasteiger partial charge in [-0.05, 0) is 35.9 Å². The molecule has 144 valence electrons. The average molecular weight is 402 g/mol. The third-order valence-electron chi connectivity index (χ3n) is 4.54. The Morgan fingerprint density at radius 1 is 0.966 bits per heavy atom. The number of hydrogen-bond donors (Lipinski definition) is 0. The van der Waals surface area contributed by atoms with Crippen molar-refractivity contribution in [3.63, 3.8) is 0 Å². The van der Waals surface area contributed by atoms with Gasteiger partial charge in [0.25, 0.3) is 5.56 Å². The first-order valence-corrected chi connectivity index (χ1v) is 10.0. The van der Waals surface area contributed by atoms with E-state index in [-0.39, 0.29) is 11.5 Å². The van der Waals surface area contributed by atoms with Gasteiger partial charge < -0.3 is 4.74 Å². The van der Waals surface area contributed by atoms with Gasteiger partial charge in [-0.1, -0.05) is 60.3 Å². The molecule has 0 aliphatic heterocycles. The van der Waals surface area contributed by atoms with Crippen LogP contribution in [0.4, 0.5) is 0 Å². The summed E-state index contributed by atoms with van der Waals surface area (Å²) in [6.45, 7) is 0. The molecule has 5 nitrogen and oxygen atoms in total. The second kappa shape index (κ2) is 8.32. The number of aromatic nitrogens is 2. The maximum Gasteiger partial charge on any atom is 0.338 e. The highest BCUT2D eigenvalue weighted by molar-refractivity contribution is 7.98. The summed E-state index contributed by atoms with van der Waals surface area (Å²) < 4.78 is 6.50. The number of rotatable bonds is 5. The van der Waals surface area contributed by atoms with Crippen LogP contribution in [0.5, 0.6) is 0 Å². The minimum atomic E-state index is -0.381. The topological polar surface area (TPSA) is 61.2 Å². The molecule has 0 saturated carbocycles. The van der Waals surface area contributed by atoms with E-state index in [1.165, 1.54) is 18.9 Å². The largest absolute Gasteiger partial charge is 0.465 e. The Labute approximate surface area is 172 Å². The minimum Gasteiger partial charge on any atom is -0.465 e. The van der Waals surface area contributed by atoms with Gasteiger partial charge in [-0.25, -0.2) is 9.78 Å². The first-order chi connectivity index (χ1) is 14.2. The third kappa shape index (κ3) is 3.79. The normalized spacial score (nSPS) is 10.8. The van der Waals surface area contributed by atoms with E-state index in [9.17, 15) is 9.59 Å². The van der Waals surface area contributed by atoms with Crippen LogP contribution in [0, 0.1) is 0 Å². The maximum absolute atomic E-state index is 13.2. The van der Waals surface area contributed by atoms with Gasteiger partial charge >= 0.3 is 5.97 Å². The van der Waals surface area contributed by atoms with Crippen molar-refractivity contribution in [2.24, 2.45) is 0 Å². The van der Waals surface area contributed by atoms with Gasteiger partial charge in [0, 0.05) is 5.75 Å². The zero-order valence-electron chi connectivity index (χ0n) is 15.7. The zero-order chi connectivity index (χ0) is 20.2. The van der Waals surface area contributed by atoms with Crippen LogP contribution in [0.15, 0.2) is 88.8 Å². The Kier molecular flexibility index (Phi) is 5.44. The molecule has 0 radical (unpaired) electrons. The average Bonchev–Trinajstić information content (AvgIpc) is 2.78. The second-order valence-corrected chi connectivity index (χ2v) is 7.27. The summed E-state index contributed by atoms with van der Waals surface area (Å²) in [5.74, 6) is 0.0937. The molecule has 29 heavy (non-hydrogen) atoms. The summed E-state index contributed by atoms with van der Waals surface area (Å²) in [4.78, 5) is 30.0. The Bertz CT molecular complexity index is 1240. The van der Waals surface area contributed by atoms with Crippen LogP contribution in [-0.4, -0.2) is 22.6 Å². The summed E-state index contributed by atoms with van der Waals surface area (Å²) >= 11 is 1.41. The number of fused-ring (bicyclic) bond motifs is 1. The number of esters is 1. The second-order valence-electron chi connectivity index (χ2n) is 6.33. The van der Waals surface area contributed by atoms with E-state index in [0.29, 0.717) is 27.4 Å². The van der Waals surface area contributed by atoms with Crippen molar-refractivity contribution < 1.29 is 9.53 Å². The van der Waals surface area contributed by atoms with E-state index in [4.69, 9.17) is 9.72 Å². The Morgan fingerprint density at radius 2 is 1.66 bits per heavy atom. The molecule has 0 fully saturated rings. The summed E-state index contributed by atoms with van der Waals surface area (Å²) in [5, 5.41) is 1.13. The number of thioether (sulfide) groups is 1. The summed E-state index contributed by atoms with van der Waals surface area (Å²) in [7, 11) is 1.37. The molecule has 0 amide bonds. The first-order valence-electron chi connectivity index (χ1n) is 9.05. The highest BCUT2D eigenvalue weighted by Gasteiger charge is 2.16. The van der Waals surface area contributed by atoms with E-state index < -0.39 is 0 Å². The van der Waals surface area contributed by atoms with E-state index >= 15 is 0 Å². The molecule has 0 spiro atoms. The van der Waals surface area contributed by atoms with Crippen LogP contribution >= 0.6 is 11.8 Å². The van der Waals surface area contributed by atoms with Crippen molar-refractivity contribution in [1.82, 2.24) is 9.55 Å². The van der Waals surface area contributed by atoms with Crippen LogP contribution in [0.3, 0.4) is 0 Å². The quantitative estimate of drug-likeness (QED) is 0.280. The number of carbonyl (C=O) groups excluding carboxylic acids is 1. The zero-order valence-corrected chi connectivity index (χ0v) is 16.6. The Morgan fingerprint density at radius 3 is 2.45 bits per heavy atom. The van der Waals surface area contributed by atoms with Crippen LogP contribution < -0.4 is 5.56 Å². The highest BCUT2D eigenvalue weighted by Crippen LogP contribution is 2.26. The predicted octanol–water partition coefficient (Wildman–Crippen LogP) is 4.46. The van der Waals surface area contributed by atoms with E-state index in [2.05, 4.69) is 0 Å². The monoisotopic (exact) mass is 402 g/mol. The number of methoxy groups -OCH3 is 1. The molecule has 0 unspecified atom stereocenters. The molecule has 1 heterocycles. The summed E-state index contributed by atoms with van der Waals surface area (Å²) in [6, 6.07) is 24.0. The van der Waals surface area contributed by atoms with Crippen molar-refractivity contribution in [3.8, 4) is 5.69 Å². The van der Waals surface area contributed by atoms with E-state index in [1.54, 1.807) is 22.8 Å². The van der Waals surface area contributed by atoms with Crippen molar-refractivity contribution in [1.29, 1.82) is 0 Å². The number of ether oxygens (including phenoxy) is 1. The highest BCUT2D eigenvalue weighted by atomic mass is 32.2. The van der Waals surface area contributed by atoms with Gasteiger partial charge in [0.1, 0.15) is 0 Å². The lowest BCUT2D eigenvalue weighted by Crippen LogP contribution is -2.21. The fraction of sp³-hybridized carbons (Fsp3) is 0.0870. The fourth-order valence-corrected chi connectivity index (χ4v) is 4.13. The number of benzene rings is 3. The van der Waals surface area contributed by atoms with E-state index in [1.807, 2.05) is 60.7 Å². The number of hydrogen-bond acceptors (Lipinski definition) is 5. The lowest BCUT2D eigenvalue weighted by Gasteiger charge is -2.14. The van der Waals surface area contributed by atoms with Crippen molar-refractivity contribution in [2.45, 2.75) is 10.9 Å². The lowest BCUT2D eigenvalue weighted by molar-refractivity contribution is 0.0600. The maximum atomic E-state index is 13.2. The fourth-order valence-electron chi connectivity index (χ4n) is 3.11. The molecule has 6 heteroatoms. The molecule has 0 N–H and O–H groups in total. The van der Waals surface area contributed by atoms with Crippen LogP contribution in [0.1, 0.15) is 15.9 Å². The van der Waals surface area contributed by atoms with Gasteiger partial charge in [-0.15, -0.1) is 0 Å². The van der Waals surface area contributed by atoms with Crippen LogP contribution in [0.2, 0.25) is 0 Å². The Balaban J connectivity index is 1.80. The number of nitrogens with zero attached hydrogens (tertiary/aromatic N) is 2. The molecule has 0 aliphatic rings. The minimum absolute atomic E-state index is 0.120. The number of para-hydroxylation sites is 2. The molecule has 0 aliphatic carbocycles. The third-order valence-corrected chi connectivity index (χ3v) is 5.53. The van der Waals surface area contributed by atoms with Crippen LogP contribution in [-0.2, 0) is 10.5 Å². The number of carbonyl (C=O) groups is 1. The van der Waals surface area contributed by atoms with Crippen molar-refractivity contribution in [3.05, 3.63) is 100 Å². The van der Waals surface area contributed by atoms with Gasteiger partial charge in [0.2, 0.25) is 0 Å². The van der Waals surface area contributed by atoms with Gasteiger partial charge in [-0.3, -0.25) is 9.36 Å². The lowest BCUT2D eigenvalue weighted by atomic mass is 10.1. The van der Waals surface area contributed by atoms with Crippen LogP contribution in [0.25, 0.3) is 16.6 Å². The molecule has 0 atom stereocenters. The molecule has 0 saturated heterocycles.